The first-order chi connectivity index (χ1) is 19.2. The molecule has 0 atom stereocenters. The van der Waals surface area contributed by atoms with E-state index in [2.05, 4.69) is 5.32 Å². The number of carbonyl (C=O) groups is 4. The van der Waals surface area contributed by atoms with Crippen LogP contribution in [0.1, 0.15) is 35.8 Å². The summed E-state index contributed by atoms with van der Waals surface area (Å²) >= 11 is 6.79. The molecule has 13 heteroatoms. The molecule has 4 rings (SSSR count). The van der Waals surface area contributed by atoms with E-state index in [1.165, 1.54) is 36.4 Å². The van der Waals surface area contributed by atoms with Crippen molar-refractivity contribution in [2.24, 2.45) is 0 Å². The minimum absolute atomic E-state index is 0.0800. The number of hydrogen-bond acceptors (Lipinski definition) is 8. The van der Waals surface area contributed by atoms with E-state index in [0.717, 1.165) is 11.3 Å². The molecule has 1 aliphatic rings. The molecule has 0 spiro atoms. The molecule has 1 fully saturated rings. The number of non-ortho nitro benzene ring substituents is 1. The number of hydrogen-bond donors (Lipinski definition) is 1. The fourth-order valence-electron chi connectivity index (χ4n) is 3.76. The van der Waals surface area contributed by atoms with Crippen molar-refractivity contribution in [1.29, 1.82) is 0 Å². The van der Waals surface area contributed by atoms with Crippen molar-refractivity contribution in [2.75, 3.05) is 18.5 Å². The number of aromatic nitrogens is 1. The SMILES string of the molecule is CCCCOC(=O)c1cc(NC(=O)CN2C(=O)S/C(=C\c3cccn3-c3cccc([N+](=O)[O-])c3)C2=O)ccc1Cl. The van der Waals surface area contributed by atoms with Crippen molar-refractivity contribution in [3.63, 3.8) is 0 Å². The Kier molecular flexibility index (Phi) is 9.02. The predicted molar refractivity (Wildman–Crippen MR) is 150 cm³/mol. The summed E-state index contributed by atoms with van der Waals surface area (Å²) in [5, 5.41) is 13.2. The molecule has 0 saturated carbocycles. The number of nitrogens with zero attached hydrogens (tertiary/aromatic N) is 3. The highest BCUT2D eigenvalue weighted by molar-refractivity contribution is 8.18. The number of nitrogens with one attached hydrogen (secondary N) is 1. The van der Waals surface area contributed by atoms with Gasteiger partial charge in [0.2, 0.25) is 5.91 Å². The summed E-state index contributed by atoms with van der Waals surface area (Å²) in [6, 6.07) is 13.6. The molecule has 2 aromatic carbocycles. The van der Waals surface area contributed by atoms with Gasteiger partial charge in [-0.15, -0.1) is 0 Å². The average Bonchev–Trinajstić information content (AvgIpc) is 3.49. The predicted octanol–water partition coefficient (Wildman–Crippen LogP) is 5.67. The van der Waals surface area contributed by atoms with Gasteiger partial charge in [0.05, 0.1) is 32.7 Å². The summed E-state index contributed by atoms with van der Waals surface area (Å²) in [5.74, 6) is -1.94. The second-order valence-corrected chi connectivity index (χ2v) is 9.98. The van der Waals surface area contributed by atoms with Crippen molar-refractivity contribution < 1.29 is 28.8 Å². The van der Waals surface area contributed by atoms with Crippen LogP contribution in [0.25, 0.3) is 11.8 Å². The number of unbranched alkanes of at least 4 members (excludes halogenated alkanes) is 1. The number of nitro benzene ring substituents is 1. The van der Waals surface area contributed by atoms with Crippen molar-refractivity contribution in [3.8, 4) is 5.69 Å². The first-order valence-corrected chi connectivity index (χ1v) is 13.3. The second kappa shape index (κ2) is 12.6. The first kappa shape index (κ1) is 28.6. The molecule has 3 amide bonds. The van der Waals surface area contributed by atoms with Gasteiger partial charge in [-0.1, -0.05) is 31.0 Å². The molecule has 0 aliphatic carbocycles. The minimum atomic E-state index is -0.659. The van der Waals surface area contributed by atoms with Gasteiger partial charge in [0, 0.05) is 29.7 Å². The molecule has 0 bridgehead atoms. The number of benzene rings is 2. The van der Waals surface area contributed by atoms with E-state index < -0.39 is 34.5 Å². The van der Waals surface area contributed by atoms with Crippen molar-refractivity contribution >= 4 is 63.8 Å². The van der Waals surface area contributed by atoms with Crippen LogP contribution in [0.4, 0.5) is 16.2 Å². The van der Waals surface area contributed by atoms with Crippen LogP contribution >= 0.6 is 23.4 Å². The smallest absolute Gasteiger partial charge is 0.339 e. The van der Waals surface area contributed by atoms with Crippen molar-refractivity contribution in [3.05, 3.63) is 92.1 Å². The van der Waals surface area contributed by atoms with Crippen LogP contribution in [0.3, 0.4) is 0 Å². The normalized spacial score (nSPS) is 14.1. The maximum atomic E-state index is 13.0. The van der Waals surface area contributed by atoms with Crippen molar-refractivity contribution in [2.45, 2.75) is 19.8 Å². The Morgan fingerprint density at radius 3 is 2.70 bits per heavy atom. The van der Waals surface area contributed by atoms with Gasteiger partial charge in [-0.2, -0.15) is 0 Å². The largest absolute Gasteiger partial charge is 0.462 e. The Morgan fingerprint density at radius 1 is 1.15 bits per heavy atom. The number of thioether (sulfide) groups is 1. The van der Waals surface area contributed by atoms with E-state index in [4.69, 9.17) is 16.3 Å². The van der Waals surface area contributed by atoms with E-state index in [1.807, 2.05) is 6.92 Å². The molecule has 0 unspecified atom stereocenters. The van der Waals surface area contributed by atoms with Crippen LogP contribution in [0, 0.1) is 10.1 Å². The van der Waals surface area contributed by atoms with Crippen LogP contribution < -0.4 is 5.32 Å². The van der Waals surface area contributed by atoms with E-state index >= 15 is 0 Å². The van der Waals surface area contributed by atoms with Crippen molar-refractivity contribution in [1.82, 2.24) is 9.47 Å². The van der Waals surface area contributed by atoms with Crippen LogP contribution in [0.2, 0.25) is 5.02 Å². The van der Waals surface area contributed by atoms with Gasteiger partial charge >= 0.3 is 5.97 Å². The number of nitro groups is 1. The number of amides is 3. The van der Waals surface area contributed by atoms with Gasteiger partial charge in [-0.05, 0) is 60.7 Å². The molecule has 2 heterocycles. The van der Waals surface area contributed by atoms with Gasteiger partial charge in [-0.25, -0.2) is 4.79 Å². The van der Waals surface area contributed by atoms with Gasteiger partial charge in [0.1, 0.15) is 6.54 Å². The minimum Gasteiger partial charge on any atom is -0.462 e. The molecular weight excluding hydrogens is 560 g/mol. The molecule has 0 radical (unpaired) electrons. The maximum absolute atomic E-state index is 13.0. The summed E-state index contributed by atoms with van der Waals surface area (Å²) < 4.78 is 6.82. The standard InChI is InChI=1S/C27H23ClN4O7S/c1-2-3-12-39-26(35)21-13-17(9-10-22(21)28)29-24(33)16-31-25(34)23(40-27(31)36)15-19-8-5-11-30(19)18-6-4-7-20(14-18)32(37)38/h4-11,13-15H,2-3,12,16H2,1H3,(H,29,33)/b23-15-. The third-order valence-electron chi connectivity index (χ3n) is 5.75. The molecule has 11 nitrogen and oxygen atoms in total. The zero-order chi connectivity index (χ0) is 28.8. The quantitative estimate of drug-likeness (QED) is 0.106. The number of anilines is 1. The number of halogens is 1. The lowest BCUT2D eigenvalue weighted by Crippen LogP contribution is -2.36. The van der Waals surface area contributed by atoms with Crippen LogP contribution in [0.15, 0.2) is 65.7 Å². The van der Waals surface area contributed by atoms with Gasteiger partial charge in [0.15, 0.2) is 0 Å². The van der Waals surface area contributed by atoms with Gasteiger partial charge in [-0.3, -0.25) is 29.4 Å². The fourth-order valence-corrected chi connectivity index (χ4v) is 4.78. The Labute approximate surface area is 237 Å². The Balaban J connectivity index is 1.45. The highest BCUT2D eigenvalue weighted by atomic mass is 35.5. The van der Waals surface area contributed by atoms with Crippen LogP contribution in [-0.2, 0) is 14.3 Å². The summed E-state index contributed by atoms with van der Waals surface area (Å²) in [7, 11) is 0. The van der Waals surface area contributed by atoms with E-state index in [1.54, 1.807) is 35.0 Å². The third-order valence-corrected chi connectivity index (χ3v) is 6.99. The Hall–Kier alpha value is -4.42. The van der Waals surface area contributed by atoms with Gasteiger partial charge < -0.3 is 14.6 Å². The lowest BCUT2D eigenvalue weighted by molar-refractivity contribution is -0.384. The summed E-state index contributed by atoms with van der Waals surface area (Å²) in [6.45, 7) is 1.65. The lowest BCUT2D eigenvalue weighted by atomic mass is 10.2. The number of ether oxygens (including phenoxy) is 1. The van der Waals surface area contributed by atoms with Gasteiger partial charge in [0.25, 0.3) is 16.8 Å². The maximum Gasteiger partial charge on any atom is 0.339 e. The number of rotatable bonds is 10. The highest BCUT2D eigenvalue weighted by Gasteiger charge is 2.36. The molecule has 1 aromatic heterocycles. The fraction of sp³-hybridized carbons (Fsp3) is 0.185. The number of imide groups is 1. The van der Waals surface area contributed by atoms with E-state index in [0.29, 0.717) is 29.6 Å². The van der Waals surface area contributed by atoms with E-state index in [-0.39, 0.29) is 33.5 Å². The summed E-state index contributed by atoms with van der Waals surface area (Å²) in [4.78, 5) is 62.1. The molecule has 206 valence electrons. The van der Waals surface area contributed by atoms with Crippen LogP contribution in [-0.4, -0.2) is 50.6 Å². The molecule has 1 aliphatic heterocycles. The molecule has 1 N–H and O–H groups in total. The zero-order valence-electron chi connectivity index (χ0n) is 21.2. The second-order valence-electron chi connectivity index (χ2n) is 8.58. The Bertz CT molecular complexity index is 1530. The lowest BCUT2D eigenvalue weighted by Gasteiger charge is -2.13. The molecule has 1 saturated heterocycles. The molecule has 3 aromatic rings. The van der Waals surface area contributed by atoms with E-state index in [9.17, 15) is 29.3 Å². The Morgan fingerprint density at radius 2 is 1.95 bits per heavy atom. The topological polar surface area (TPSA) is 141 Å². The van der Waals surface area contributed by atoms with Crippen LogP contribution in [0.5, 0.6) is 0 Å². The number of esters is 1. The summed E-state index contributed by atoms with van der Waals surface area (Å²) in [5.41, 5.74) is 1.24. The zero-order valence-corrected chi connectivity index (χ0v) is 22.7. The third kappa shape index (κ3) is 6.58. The molecular formula is C27H23ClN4O7S. The number of carbonyl (C=O) groups excluding carboxylic acids is 4. The summed E-state index contributed by atoms with van der Waals surface area (Å²) in [6.07, 6.45) is 4.71. The highest BCUT2D eigenvalue weighted by Crippen LogP contribution is 2.33. The molecule has 40 heavy (non-hydrogen) atoms. The average molecular weight is 583 g/mol. The monoisotopic (exact) mass is 582 g/mol. The first-order valence-electron chi connectivity index (χ1n) is 12.1.